The van der Waals surface area contributed by atoms with Crippen LogP contribution < -0.4 is 9.47 Å². The molecule has 3 aromatic carbocycles. The highest BCUT2D eigenvalue weighted by Gasteiger charge is 2.19. The Bertz CT molecular complexity index is 1080. The molecule has 35 heavy (non-hydrogen) atoms. The normalized spacial score (nSPS) is 11.5. The molecule has 0 aromatic heterocycles. The smallest absolute Gasteiger partial charge is 0.335 e. The first-order chi connectivity index (χ1) is 17.0. The number of benzene rings is 3. The first-order valence-electron chi connectivity index (χ1n) is 11.4. The van der Waals surface area contributed by atoms with Gasteiger partial charge in [0.25, 0.3) is 0 Å². The van der Waals surface area contributed by atoms with Crippen molar-refractivity contribution < 1.29 is 32.9 Å². The zero-order chi connectivity index (χ0) is 25.0. The predicted molar refractivity (Wildman–Crippen MR) is 129 cm³/mol. The molecule has 7 heteroatoms. The molecule has 0 fully saturated rings. The third-order valence-corrected chi connectivity index (χ3v) is 5.23. The molecule has 0 N–H and O–H groups in total. The molecule has 0 aliphatic rings. The Balaban J connectivity index is 1.38. The van der Waals surface area contributed by atoms with Gasteiger partial charge in [0.2, 0.25) is 0 Å². The van der Waals surface area contributed by atoms with Crippen molar-refractivity contribution in [1.82, 2.24) is 0 Å². The number of carbonyl (C=O) groups is 2. The second-order valence-corrected chi connectivity index (χ2v) is 7.74. The van der Waals surface area contributed by atoms with Gasteiger partial charge in [-0.25, -0.2) is 9.18 Å². The molecular formula is C28H29FO6. The van der Waals surface area contributed by atoms with Crippen molar-refractivity contribution in [3.05, 3.63) is 95.3 Å². The zero-order valence-electron chi connectivity index (χ0n) is 19.9. The van der Waals surface area contributed by atoms with Crippen molar-refractivity contribution in [3.8, 4) is 11.5 Å². The monoisotopic (exact) mass is 480 g/mol. The summed E-state index contributed by atoms with van der Waals surface area (Å²) in [5.41, 5.74) is 1.89. The third kappa shape index (κ3) is 7.93. The van der Waals surface area contributed by atoms with Crippen molar-refractivity contribution in [1.29, 1.82) is 0 Å². The summed E-state index contributed by atoms with van der Waals surface area (Å²) in [5, 5.41) is 0. The van der Waals surface area contributed by atoms with E-state index in [-0.39, 0.29) is 17.6 Å². The van der Waals surface area contributed by atoms with Crippen molar-refractivity contribution in [2.45, 2.75) is 25.9 Å². The summed E-state index contributed by atoms with van der Waals surface area (Å²) in [6.07, 6.45) is 0.471. The summed E-state index contributed by atoms with van der Waals surface area (Å²) < 4.78 is 34.7. The molecule has 0 saturated carbocycles. The lowest BCUT2D eigenvalue weighted by atomic mass is 10.0. The number of ketones is 1. The van der Waals surface area contributed by atoms with Gasteiger partial charge in [-0.05, 0) is 73.2 Å². The van der Waals surface area contributed by atoms with Crippen LogP contribution in [0.3, 0.4) is 0 Å². The lowest BCUT2D eigenvalue weighted by Crippen LogP contribution is -2.27. The Labute approximate surface area is 204 Å². The van der Waals surface area contributed by atoms with Crippen molar-refractivity contribution in [2.75, 3.05) is 26.9 Å². The fraction of sp³-hybridized carbons (Fsp3) is 0.286. The predicted octanol–water partition coefficient (Wildman–Crippen LogP) is 5.03. The fourth-order valence-electron chi connectivity index (χ4n) is 3.34. The maximum absolute atomic E-state index is 13.0. The van der Waals surface area contributed by atoms with E-state index in [1.807, 2.05) is 24.3 Å². The van der Waals surface area contributed by atoms with Crippen LogP contribution >= 0.6 is 0 Å². The topological polar surface area (TPSA) is 71.1 Å². The van der Waals surface area contributed by atoms with Crippen LogP contribution in [-0.4, -0.2) is 44.8 Å². The molecule has 0 spiro atoms. The molecule has 3 aromatic rings. The van der Waals surface area contributed by atoms with E-state index in [1.165, 1.54) is 31.4 Å². The molecule has 1 unspecified atom stereocenters. The summed E-state index contributed by atoms with van der Waals surface area (Å²) in [5.74, 6) is 0.457. The zero-order valence-corrected chi connectivity index (χ0v) is 19.9. The van der Waals surface area contributed by atoms with Gasteiger partial charge >= 0.3 is 5.97 Å². The van der Waals surface area contributed by atoms with Gasteiger partial charge in [0.1, 0.15) is 17.3 Å². The van der Waals surface area contributed by atoms with Gasteiger partial charge in [0, 0.05) is 31.1 Å². The Morgan fingerprint density at radius 2 is 1.31 bits per heavy atom. The molecule has 6 nitrogen and oxygen atoms in total. The third-order valence-electron chi connectivity index (χ3n) is 5.23. The minimum atomic E-state index is -0.631. The summed E-state index contributed by atoms with van der Waals surface area (Å²) in [4.78, 5) is 24.3. The lowest BCUT2D eigenvalue weighted by molar-refractivity contribution is -0.154. The fourth-order valence-corrected chi connectivity index (χ4v) is 3.34. The number of hydrogen-bond donors (Lipinski definition) is 0. The van der Waals surface area contributed by atoms with Crippen LogP contribution in [0.25, 0.3) is 0 Å². The van der Waals surface area contributed by atoms with Crippen LogP contribution in [0.5, 0.6) is 11.5 Å². The summed E-state index contributed by atoms with van der Waals surface area (Å²) in [7, 11) is 1.49. The number of hydrogen-bond acceptors (Lipinski definition) is 6. The number of methoxy groups -OCH3 is 1. The van der Waals surface area contributed by atoms with Crippen LogP contribution in [0.1, 0.15) is 34.8 Å². The quantitative estimate of drug-likeness (QED) is 0.194. The summed E-state index contributed by atoms with van der Waals surface area (Å²) >= 11 is 0. The second kappa shape index (κ2) is 13.2. The number of carbonyl (C=O) groups excluding carboxylic acids is 2. The molecule has 1 atom stereocenters. The Kier molecular flexibility index (Phi) is 9.80. The van der Waals surface area contributed by atoms with Crippen molar-refractivity contribution in [2.24, 2.45) is 0 Å². The number of esters is 1. The average molecular weight is 481 g/mol. The standard InChI is InChI=1S/C28H29FO6/c1-3-33-28(31)26(32-2)19-20-5-13-24(14-6-20)34-17-4-18-35-25-15-9-22(10-16-25)27(30)21-7-11-23(29)12-8-21/h5-16,26H,3-4,17-19H2,1-2H3. The van der Waals surface area contributed by atoms with Crippen LogP contribution in [-0.2, 0) is 20.7 Å². The van der Waals surface area contributed by atoms with E-state index in [4.69, 9.17) is 18.9 Å². The van der Waals surface area contributed by atoms with Gasteiger partial charge in [-0.2, -0.15) is 0 Å². The number of ether oxygens (including phenoxy) is 4. The number of halogens is 1. The maximum atomic E-state index is 13.0. The van der Waals surface area contributed by atoms with E-state index in [1.54, 1.807) is 31.2 Å². The Hall–Kier alpha value is -3.71. The van der Waals surface area contributed by atoms with E-state index in [0.29, 0.717) is 49.5 Å². The van der Waals surface area contributed by atoms with Crippen LogP contribution in [0.4, 0.5) is 4.39 Å². The summed E-state index contributed by atoms with van der Waals surface area (Å²) in [6, 6.07) is 19.8. The van der Waals surface area contributed by atoms with E-state index >= 15 is 0 Å². The molecule has 3 rings (SSSR count). The van der Waals surface area contributed by atoms with Gasteiger partial charge in [-0.15, -0.1) is 0 Å². The first kappa shape index (κ1) is 25.9. The van der Waals surface area contributed by atoms with Crippen LogP contribution in [0.2, 0.25) is 0 Å². The summed E-state index contributed by atoms with van der Waals surface area (Å²) in [6.45, 7) is 3.01. The Morgan fingerprint density at radius 1 is 0.800 bits per heavy atom. The van der Waals surface area contributed by atoms with Crippen molar-refractivity contribution >= 4 is 11.8 Å². The first-order valence-corrected chi connectivity index (χ1v) is 11.4. The number of rotatable bonds is 13. The Morgan fingerprint density at radius 3 is 1.83 bits per heavy atom. The van der Waals surface area contributed by atoms with E-state index in [9.17, 15) is 14.0 Å². The molecule has 0 saturated heterocycles. The van der Waals surface area contributed by atoms with Gasteiger partial charge in [-0.3, -0.25) is 4.79 Å². The second-order valence-electron chi connectivity index (χ2n) is 7.74. The highest BCUT2D eigenvalue weighted by molar-refractivity contribution is 6.09. The van der Waals surface area contributed by atoms with E-state index in [2.05, 4.69) is 0 Å². The van der Waals surface area contributed by atoms with Gasteiger partial charge in [0.05, 0.1) is 19.8 Å². The average Bonchev–Trinajstić information content (AvgIpc) is 2.88. The van der Waals surface area contributed by atoms with Gasteiger partial charge in [-0.1, -0.05) is 12.1 Å². The van der Waals surface area contributed by atoms with Crippen molar-refractivity contribution in [3.63, 3.8) is 0 Å². The van der Waals surface area contributed by atoms with E-state index < -0.39 is 6.10 Å². The molecular weight excluding hydrogens is 451 g/mol. The molecule has 184 valence electrons. The molecule has 0 amide bonds. The largest absolute Gasteiger partial charge is 0.493 e. The highest BCUT2D eigenvalue weighted by atomic mass is 19.1. The SMILES string of the molecule is CCOC(=O)C(Cc1ccc(OCCCOc2ccc(C(=O)c3ccc(F)cc3)cc2)cc1)OC. The molecule has 0 heterocycles. The van der Waals surface area contributed by atoms with E-state index in [0.717, 1.165) is 11.3 Å². The minimum absolute atomic E-state index is 0.172. The molecule has 0 radical (unpaired) electrons. The van der Waals surface area contributed by atoms with Gasteiger partial charge < -0.3 is 18.9 Å². The molecule has 0 bridgehead atoms. The maximum Gasteiger partial charge on any atom is 0.335 e. The highest BCUT2D eigenvalue weighted by Crippen LogP contribution is 2.17. The molecule has 0 aliphatic heterocycles. The van der Waals surface area contributed by atoms with Crippen LogP contribution in [0, 0.1) is 5.82 Å². The minimum Gasteiger partial charge on any atom is -0.493 e. The molecule has 0 aliphatic carbocycles. The lowest BCUT2D eigenvalue weighted by Gasteiger charge is -2.14. The van der Waals surface area contributed by atoms with Crippen LogP contribution in [0.15, 0.2) is 72.8 Å². The van der Waals surface area contributed by atoms with Gasteiger partial charge in [0.15, 0.2) is 11.9 Å².